The minimum absolute atomic E-state index is 0.245. The molecule has 0 saturated heterocycles. The van der Waals surface area contributed by atoms with Crippen LogP contribution in [0.1, 0.15) is 31.3 Å². The van der Waals surface area contributed by atoms with Crippen molar-refractivity contribution in [1.82, 2.24) is 15.0 Å². The summed E-state index contributed by atoms with van der Waals surface area (Å²) in [6.45, 7) is 6.75. The molecule has 1 aliphatic heterocycles. The molecule has 0 fully saturated rings. The molecule has 0 aliphatic carbocycles. The van der Waals surface area contributed by atoms with Crippen LogP contribution in [-0.2, 0) is 5.54 Å². The summed E-state index contributed by atoms with van der Waals surface area (Å²) in [5.74, 6) is 0.283. The second-order valence-electron chi connectivity index (χ2n) is 6.26. The first kappa shape index (κ1) is 16.1. The first-order chi connectivity index (χ1) is 10.8. The smallest absolute Gasteiger partial charge is 0.280 e. The molecule has 8 heteroatoms. The number of fused-ring (bicyclic) bond motifs is 1. The molecule has 1 aliphatic rings. The van der Waals surface area contributed by atoms with E-state index in [1.165, 1.54) is 0 Å². The SMILES string of the molecule is CC(C)(C)n1cc(C(=O)N2CCOc3cc(Cl)c(Cl)cc32)nn1. The van der Waals surface area contributed by atoms with Crippen molar-refractivity contribution in [3.05, 3.63) is 34.1 Å². The molecule has 23 heavy (non-hydrogen) atoms. The summed E-state index contributed by atoms with van der Waals surface area (Å²) in [5, 5.41) is 8.78. The van der Waals surface area contributed by atoms with Gasteiger partial charge in [0.2, 0.25) is 0 Å². The van der Waals surface area contributed by atoms with Gasteiger partial charge in [-0.1, -0.05) is 28.4 Å². The van der Waals surface area contributed by atoms with Gasteiger partial charge in [0.25, 0.3) is 5.91 Å². The van der Waals surface area contributed by atoms with E-state index in [1.807, 2.05) is 20.8 Å². The van der Waals surface area contributed by atoms with Gasteiger partial charge >= 0.3 is 0 Å². The van der Waals surface area contributed by atoms with Crippen LogP contribution in [0.15, 0.2) is 18.3 Å². The lowest BCUT2D eigenvalue weighted by Gasteiger charge is -2.29. The Balaban J connectivity index is 1.96. The third-order valence-corrected chi connectivity index (χ3v) is 4.23. The topological polar surface area (TPSA) is 60.2 Å². The van der Waals surface area contributed by atoms with E-state index in [-0.39, 0.29) is 17.1 Å². The lowest BCUT2D eigenvalue weighted by atomic mass is 10.1. The van der Waals surface area contributed by atoms with E-state index in [9.17, 15) is 4.79 Å². The van der Waals surface area contributed by atoms with Crippen molar-refractivity contribution in [2.45, 2.75) is 26.3 Å². The molecule has 0 spiro atoms. The maximum absolute atomic E-state index is 12.8. The summed E-state index contributed by atoms with van der Waals surface area (Å²) < 4.78 is 7.22. The van der Waals surface area contributed by atoms with Gasteiger partial charge in [0, 0.05) is 6.07 Å². The van der Waals surface area contributed by atoms with E-state index in [0.717, 1.165) is 0 Å². The number of nitrogens with zero attached hydrogens (tertiary/aromatic N) is 4. The van der Waals surface area contributed by atoms with Gasteiger partial charge in [0.05, 0.1) is 34.0 Å². The standard InChI is InChI=1S/C15H16Cl2N4O2/c1-15(2,3)21-8-11(18-19-21)14(22)20-4-5-23-13-7-10(17)9(16)6-12(13)20/h6-8H,4-5H2,1-3H3. The first-order valence-corrected chi connectivity index (χ1v) is 7.89. The molecule has 1 aromatic heterocycles. The Labute approximate surface area is 143 Å². The van der Waals surface area contributed by atoms with Crippen LogP contribution < -0.4 is 9.64 Å². The highest BCUT2D eigenvalue weighted by Crippen LogP contribution is 2.38. The molecular weight excluding hydrogens is 339 g/mol. The van der Waals surface area contributed by atoms with E-state index in [0.29, 0.717) is 34.6 Å². The average molecular weight is 355 g/mol. The van der Waals surface area contributed by atoms with Gasteiger partial charge < -0.3 is 4.74 Å². The quantitative estimate of drug-likeness (QED) is 0.787. The molecule has 2 aromatic rings. The van der Waals surface area contributed by atoms with Crippen LogP contribution in [0.25, 0.3) is 0 Å². The van der Waals surface area contributed by atoms with Crippen LogP contribution in [0.5, 0.6) is 5.75 Å². The number of benzene rings is 1. The fraction of sp³-hybridized carbons (Fsp3) is 0.400. The molecule has 0 unspecified atom stereocenters. The zero-order valence-corrected chi connectivity index (χ0v) is 14.5. The summed E-state index contributed by atoms with van der Waals surface area (Å²) in [7, 11) is 0. The predicted molar refractivity (Wildman–Crippen MR) is 88.7 cm³/mol. The summed E-state index contributed by atoms with van der Waals surface area (Å²) in [6.07, 6.45) is 1.65. The van der Waals surface area contributed by atoms with Gasteiger partial charge in [-0.25, -0.2) is 4.68 Å². The zero-order chi connectivity index (χ0) is 16.8. The molecule has 3 rings (SSSR count). The van der Waals surface area contributed by atoms with Crippen molar-refractivity contribution in [1.29, 1.82) is 0 Å². The second-order valence-corrected chi connectivity index (χ2v) is 7.07. The number of rotatable bonds is 1. The van der Waals surface area contributed by atoms with Gasteiger partial charge in [-0.2, -0.15) is 0 Å². The lowest BCUT2D eigenvalue weighted by Crippen LogP contribution is -2.38. The molecule has 0 bridgehead atoms. The van der Waals surface area contributed by atoms with Gasteiger partial charge in [-0.05, 0) is 26.8 Å². The Morgan fingerprint density at radius 2 is 1.96 bits per heavy atom. The molecule has 6 nitrogen and oxygen atoms in total. The molecule has 0 atom stereocenters. The Bertz CT molecular complexity index is 767. The monoisotopic (exact) mass is 354 g/mol. The van der Waals surface area contributed by atoms with E-state index in [2.05, 4.69) is 10.3 Å². The second kappa shape index (κ2) is 5.69. The van der Waals surface area contributed by atoms with Gasteiger partial charge in [-0.15, -0.1) is 5.10 Å². The number of hydrogen-bond donors (Lipinski definition) is 0. The number of amides is 1. The van der Waals surface area contributed by atoms with E-state index in [1.54, 1.807) is 27.9 Å². The van der Waals surface area contributed by atoms with Crippen LogP contribution in [-0.4, -0.2) is 34.1 Å². The fourth-order valence-electron chi connectivity index (χ4n) is 2.25. The van der Waals surface area contributed by atoms with Crippen LogP contribution >= 0.6 is 23.2 Å². The molecule has 0 N–H and O–H groups in total. The number of ether oxygens (including phenoxy) is 1. The summed E-state index contributed by atoms with van der Waals surface area (Å²) >= 11 is 12.1. The van der Waals surface area contributed by atoms with E-state index in [4.69, 9.17) is 27.9 Å². The van der Waals surface area contributed by atoms with Crippen LogP contribution in [0.4, 0.5) is 5.69 Å². The number of aromatic nitrogens is 3. The Morgan fingerprint density at radius 3 is 2.61 bits per heavy atom. The number of anilines is 1. The zero-order valence-electron chi connectivity index (χ0n) is 13.0. The summed E-state index contributed by atoms with van der Waals surface area (Å²) in [4.78, 5) is 14.4. The van der Waals surface area contributed by atoms with Crippen molar-refractivity contribution in [2.24, 2.45) is 0 Å². The van der Waals surface area contributed by atoms with Gasteiger partial charge in [0.1, 0.15) is 12.4 Å². The van der Waals surface area contributed by atoms with Crippen LogP contribution in [0.3, 0.4) is 0 Å². The van der Waals surface area contributed by atoms with Crippen molar-refractivity contribution < 1.29 is 9.53 Å². The average Bonchev–Trinajstić information content (AvgIpc) is 2.97. The third kappa shape index (κ3) is 3.01. The van der Waals surface area contributed by atoms with Crippen molar-refractivity contribution >= 4 is 34.8 Å². The summed E-state index contributed by atoms with van der Waals surface area (Å²) in [6, 6.07) is 3.25. The molecule has 1 aromatic carbocycles. The van der Waals surface area contributed by atoms with Crippen LogP contribution in [0, 0.1) is 0 Å². The highest BCUT2D eigenvalue weighted by atomic mass is 35.5. The van der Waals surface area contributed by atoms with Crippen LogP contribution in [0.2, 0.25) is 10.0 Å². The largest absolute Gasteiger partial charge is 0.489 e. The Kier molecular flexibility index (Phi) is 3.98. The fourth-order valence-corrected chi connectivity index (χ4v) is 2.56. The van der Waals surface area contributed by atoms with Crippen molar-refractivity contribution in [2.75, 3.05) is 18.1 Å². The Morgan fingerprint density at radius 1 is 1.26 bits per heavy atom. The summed E-state index contributed by atoms with van der Waals surface area (Å²) in [5.41, 5.74) is 0.616. The lowest BCUT2D eigenvalue weighted by molar-refractivity contribution is 0.0971. The molecule has 1 amide bonds. The minimum Gasteiger partial charge on any atom is -0.489 e. The number of hydrogen-bond acceptors (Lipinski definition) is 4. The maximum atomic E-state index is 12.8. The van der Waals surface area contributed by atoms with Gasteiger partial charge in [-0.3, -0.25) is 9.69 Å². The molecular formula is C15H16Cl2N4O2. The molecule has 2 heterocycles. The third-order valence-electron chi connectivity index (χ3n) is 3.51. The molecule has 122 valence electrons. The first-order valence-electron chi connectivity index (χ1n) is 7.14. The highest BCUT2D eigenvalue weighted by molar-refractivity contribution is 6.42. The normalized spacial score (nSPS) is 14.4. The predicted octanol–water partition coefficient (Wildman–Crippen LogP) is 3.38. The number of carbonyl (C=O) groups excluding carboxylic acids is 1. The van der Waals surface area contributed by atoms with E-state index < -0.39 is 0 Å². The highest BCUT2D eigenvalue weighted by Gasteiger charge is 2.28. The van der Waals surface area contributed by atoms with Crippen molar-refractivity contribution in [3.63, 3.8) is 0 Å². The maximum Gasteiger partial charge on any atom is 0.280 e. The molecule has 0 saturated carbocycles. The van der Waals surface area contributed by atoms with Gasteiger partial charge in [0.15, 0.2) is 5.69 Å². The van der Waals surface area contributed by atoms with E-state index >= 15 is 0 Å². The Hall–Kier alpha value is -1.79. The number of carbonyl (C=O) groups is 1. The minimum atomic E-state index is -0.247. The van der Waals surface area contributed by atoms with Crippen molar-refractivity contribution in [3.8, 4) is 5.75 Å². The number of halogens is 2. The molecule has 0 radical (unpaired) electrons.